The fourth-order valence-electron chi connectivity index (χ4n) is 1.68. The van der Waals surface area contributed by atoms with Crippen LogP contribution in [0.25, 0.3) is 0 Å². The van der Waals surface area contributed by atoms with Crippen LogP contribution in [-0.2, 0) is 10.2 Å². The molecule has 92 valence electrons. The first-order valence-electron chi connectivity index (χ1n) is 5.41. The van der Waals surface area contributed by atoms with Gasteiger partial charge in [-0.2, -0.15) is 0 Å². The molecule has 0 aliphatic rings. The summed E-state index contributed by atoms with van der Waals surface area (Å²) >= 11 is 0. The van der Waals surface area contributed by atoms with Crippen LogP contribution in [0.15, 0.2) is 0 Å². The first-order chi connectivity index (χ1) is 7.29. The van der Waals surface area contributed by atoms with E-state index in [1.165, 1.54) is 4.68 Å². The molecule has 5 heteroatoms. The van der Waals surface area contributed by atoms with Crippen LogP contribution in [0.1, 0.15) is 45.1 Å². The number of nitrogens with zero attached hydrogens (tertiary/aromatic N) is 2. The second kappa shape index (κ2) is 4.33. The van der Waals surface area contributed by atoms with Gasteiger partial charge in [0, 0.05) is 18.4 Å². The van der Waals surface area contributed by atoms with E-state index in [4.69, 9.17) is 16.3 Å². The van der Waals surface area contributed by atoms with Crippen molar-refractivity contribution in [3.8, 4) is 0 Å². The number of nitrogen functional groups attached to an aromatic ring is 2. The van der Waals surface area contributed by atoms with Gasteiger partial charge in [0.05, 0.1) is 12.3 Å². The van der Waals surface area contributed by atoms with E-state index >= 15 is 0 Å². The summed E-state index contributed by atoms with van der Waals surface area (Å²) < 4.78 is 6.58. The number of hydrogen-bond donors (Lipinski definition) is 2. The van der Waals surface area contributed by atoms with E-state index in [0.717, 1.165) is 11.5 Å². The van der Waals surface area contributed by atoms with Crippen molar-refractivity contribution in [1.82, 2.24) is 9.66 Å². The molecule has 1 rings (SSSR count). The Morgan fingerprint density at radius 1 is 1.44 bits per heavy atom. The minimum absolute atomic E-state index is 0.117. The van der Waals surface area contributed by atoms with Gasteiger partial charge in [-0.1, -0.05) is 27.7 Å². The molecule has 0 bridgehead atoms. The van der Waals surface area contributed by atoms with E-state index < -0.39 is 0 Å². The summed E-state index contributed by atoms with van der Waals surface area (Å²) in [5, 5.41) is 0. The van der Waals surface area contributed by atoms with Crippen molar-refractivity contribution in [3.05, 3.63) is 11.5 Å². The van der Waals surface area contributed by atoms with E-state index in [2.05, 4.69) is 25.8 Å². The summed E-state index contributed by atoms with van der Waals surface area (Å²) in [6, 6.07) is 0. The monoisotopic (exact) mass is 226 g/mol. The topological polar surface area (TPSA) is 79.1 Å². The largest absolute Gasteiger partial charge is 0.384 e. The molecule has 0 fully saturated rings. The van der Waals surface area contributed by atoms with Gasteiger partial charge >= 0.3 is 0 Å². The normalized spacial score (nSPS) is 14.1. The first kappa shape index (κ1) is 12.8. The average Bonchev–Trinajstić information content (AvgIpc) is 2.44. The lowest BCUT2D eigenvalue weighted by Gasteiger charge is -2.17. The molecule has 1 aromatic rings. The Kier molecular flexibility index (Phi) is 3.48. The second-order valence-electron chi connectivity index (χ2n) is 5.18. The molecule has 5 nitrogen and oxygen atoms in total. The molecule has 4 N–H and O–H groups in total. The first-order valence-corrected chi connectivity index (χ1v) is 5.41. The van der Waals surface area contributed by atoms with E-state index in [1.807, 2.05) is 6.92 Å². The number of methoxy groups -OCH3 is 1. The lowest BCUT2D eigenvalue weighted by molar-refractivity contribution is 0.183. The van der Waals surface area contributed by atoms with Gasteiger partial charge in [-0.3, -0.25) is 0 Å². The van der Waals surface area contributed by atoms with E-state index in [0.29, 0.717) is 12.4 Å². The molecule has 1 atom stereocenters. The van der Waals surface area contributed by atoms with Crippen LogP contribution in [0.4, 0.5) is 5.82 Å². The Labute approximate surface area is 96.8 Å². The quantitative estimate of drug-likeness (QED) is 0.760. The number of ether oxygens (including phenoxy) is 1. The van der Waals surface area contributed by atoms with Gasteiger partial charge in [-0.25, -0.2) is 9.66 Å². The molecule has 16 heavy (non-hydrogen) atoms. The number of imidazole rings is 1. The number of hydrogen-bond acceptors (Lipinski definition) is 4. The van der Waals surface area contributed by atoms with Gasteiger partial charge in [-0.05, 0) is 0 Å². The van der Waals surface area contributed by atoms with Crippen molar-refractivity contribution < 1.29 is 4.74 Å². The molecule has 0 saturated heterocycles. The van der Waals surface area contributed by atoms with E-state index in [1.54, 1.807) is 7.11 Å². The maximum atomic E-state index is 5.95. The van der Waals surface area contributed by atoms with Crippen LogP contribution >= 0.6 is 0 Å². The third kappa shape index (κ3) is 2.29. The molecule has 0 aliphatic heterocycles. The highest BCUT2D eigenvalue weighted by atomic mass is 16.5. The van der Waals surface area contributed by atoms with Gasteiger partial charge in [0.1, 0.15) is 11.6 Å². The summed E-state index contributed by atoms with van der Waals surface area (Å²) in [5.74, 6) is 7.38. The Morgan fingerprint density at radius 3 is 2.38 bits per heavy atom. The van der Waals surface area contributed by atoms with Crippen LogP contribution in [0, 0.1) is 0 Å². The average molecular weight is 226 g/mol. The highest BCUT2D eigenvalue weighted by Gasteiger charge is 2.25. The van der Waals surface area contributed by atoms with Crippen molar-refractivity contribution >= 4 is 5.82 Å². The second-order valence-corrected chi connectivity index (χ2v) is 5.18. The minimum Gasteiger partial charge on any atom is -0.384 e. The third-order valence-electron chi connectivity index (χ3n) is 2.53. The smallest absolute Gasteiger partial charge is 0.146 e. The van der Waals surface area contributed by atoms with Crippen molar-refractivity contribution in [3.63, 3.8) is 0 Å². The lowest BCUT2D eigenvalue weighted by Crippen LogP contribution is -2.24. The molecule has 0 aliphatic carbocycles. The number of anilines is 1. The van der Waals surface area contributed by atoms with E-state index in [9.17, 15) is 0 Å². The van der Waals surface area contributed by atoms with Gasteiger partial charge in [0.2, 0.25) is 0 Å². The van der Waals surface area contributed by atoms with Crippen LogP contribution in [0.2, 0.25) is 0 Å². The van der Waals surface area contributed by atoms with Crippen LogP contribution < -0.4 is 11.6 Å². The maximum absolute atomic E-state index is 5.95. The van der Waals surface area contributed by atoms with Crippen LogP contribution in [0.3, 0.4) is 0 Å². The standard InChI is InChI=1S/C11H22N4O/c1-7(6-16-5)8-9(12)15(13)10(14-8)11(2,3)4/h7H,6,12-13H2,1-5H3. The van der Waals surface area contributed by atoms with Gasteiger partial charge in [0.25, 0.3) is 0 Å². The summed E-state index contributed by atoms with van der Waals surface area (Å²) in [6.07, 6.45) is 0. The zero-order valence-electron chi connectivity index (χ0n) is 10.7. The van der Waals surface area contributed by atoms with Crippen molar-refractivity contribution in [2.75, 3.05) is 25.3 Å². The molecule has 1 aromatic heterocycles. The molecule has 0 amide bonds. The molecule has 1 heterocycles. The zero-order valence-corrected chi connectivity index (χ0v) is 10.7. The minimum atomic E-state index is -0.117. The van der Waals surface area contributed by atoms with Crippen molar-refractivity contribution in [2.24, 2.45) is 0 Å². The third-order valence-corrected chi connectivity index (χ3v) is 2.53. The molecular weight excluding hydrogens is 204 g/mol. The number of rotatable bonds is 3. The molecule has 0 spiro atoms. The molecule has 0 radical (unpaired) electrons. The Morgan fingerprint density at radius 2 is 2.00 bits per heavy atom. The fourth-order valence-corrected chi connectivity index (χ4v) is 1.68. The fraction of sp³-hybridized carbons (Fsp3) is 0.727. The summed E-state index contributed by atoms with van der Waals surface area (Å²) in [5.41, 5.74) is 6.65. The highest BCUT2D eigenvalue weighted by Crippen LogP contribution is 2.27. The summed E-state index contributed by atoms with van der Waals surface area (Å²) in [6.45, 7) is 8.79. The molecule has 0 aromatic carbocycles. The summed E-state index contributed by atoms with van der Waals surface area (Å²) in [4.78, 5) is 4.53. The van der Waals surface area contributed by atoms with Crippen molar-refractivity contribution in [1.29, 1.82) is 0 Å². The molecule has 0 saturated carbocycles. The zero-order chi connectivity index (χ0) is 12.5. The highest BCUT2D eigenvalue weighted by molar-refractivity contribution is 5.41. The predicted molar refractivity (Wildman–Crippen MR) is 65.8 cm³/mol. The number of aromatic nitrogens is 2. The Hall–Kier alpha value is -1.23. The van der Waals surface area contributed by atoms with Crippen LogP contribution in [0.5, 0.6) is 0 Å². The van der Waals surface area contributed by atoms with Gasteiger partial charge in [0.15, 0.2) is 0 Å². The summed E-state index contributed by atoms with van der Waals surface area (Å²) in [7, 11) is 1.66. The molecular formula is C11H22N4O. The number of nitrogens with two attached hydrogens (primary N) is 2. The van der Waals surface area contributed by atoms with Gasteiger partial charge < -0.3 is 16.3 Å². The SMILES string of the molecule is COCC(C)c1nc(C(C)(C)C)n(N)c1N. The maximum Gasteiger partial charge on any atom is 0.146 e. The molecule has 1 unspecified atom stereocenters. The lowest BCUT2D eigenvalue weighted by atomic mass is 9.96. The Bertz CT molecular complexity index is 365. The Balaban J connectivity index is 3.14. The van der Waals surface area contributed by atoms with Crippen molar-refractivity contribution in [2.45, 2.75) is 39.0 Å². The van der Waals surface area contributed by atoms with E-state index in [-0.39, 0.29) is 11.3 Å². The van der Waals surface area contributed by atoms with Gasteiger partial charge in [-0.15, -0.1) is 0 Å². The van der Waals surface area contributed by atoms with Crippen LogP contribution in [-0.4, -0.2) is 23.4 Å². The predicted octanol–water partition coefficient (Wildman–Crippen LogP) is 1.23.